The fraction of sp³-hybridized carbons (Fsp3) is 0.222. The van der Waals surface area contributed by atoms with E-state index in [0.29, 0.717) is 4.88 Å². The van der Waals surface area contributed by atoms with Crippen LogP contribution in [-0.4, -0.2) is 12.5 Å². The molecule has 1 rings (SSSR count). The maximum Gasteiger partial charge on any atom is 0.262 e. The minimum atomic E-state index is -0.114. The normalized spacial score (nSPS) is 9.31. The monoisotopic (exact) mass is 257 g/mol. The molecule has 1 N–H and O–H groups in total. The van der Waals surface area contributed by atoms with Gasteiger partial charge in [-0.1, -0.05) is 5.92 Å². The number of halogens is 1. The zero-order valence-corrected chi connectivity index (χ0v) is 9.46. The van der Waals surface area contributed by atoms with Gasteiger partial charge < -0.3 is 5.32 Å². The Morgan fingerprint density at radius 3 is 3.00 bits per heavy atom. The molecule has 0 unspecified atom stereocenters. The van der Waals surface area contributed by atoms with E-state index >= 15 is 0 Å². The highest BCUT2D eigenvalue weighted by Crippen LogP contribution is 2.26. The number of carbonyl (C=O) groups excluding carboxylic acids is 1. The van der Waals surface area contributed by atoms with Gasteiger partial charge in [-0.15, -0.1) is 17.8 Å². The zero-order valence-electron chi connectivity index (χ0n) is 7.06. The predicted molar refractivity (Wildman–Crippen MR) is 57.9 cm³/mol. The number of terminal acetylenes is 1. The Kier molecular flexibility index (Phi) is 3.52. The number of nitrogens with one attached hydrogen (secondary N) is 1. The van der Waals surface area contributed by atoms with Gasteiger partial charge in [0.25, 0.3) is 5.91 Å². The van der Waals surface area contributed by atoms with Crippen LogP contribution in [0.4, 0.5) is 0 Å². The van der Waals surface area contributed by atoms with Gasteiger partial charge >= 0.3 is 0 Å². The maximum absolute atomic E-state index is 11.4. The molecule has 68 valence electrons. The van der Waals surface area contributed by atoms with E-state index < -0.39 is 0 Å². The molecular formula is C9H8BrNOS. The van der Waals surface area contributed by atoms with E-state index in [1.54, 1.807) is 0 Å². The van der Waals surface area contributed by atoms with E-state index in [4.69, 9.17) is 6.42 Å². The van der Waals surface area contributed by atoms with Gasteiger partial charge in [-0.25, -0.2) is 0 Å². The SMILES string of the molecule is C#CCNC(=O)c1cc(C)c(Br)s1. The van der Waals surface area contributed by atoms with Gasteiger partial charge in [0.15, 0.2) is 0 Å². The summed E-state index contributed by atoms with van der Waals surface area (Å²) in [6, 6.07) is 1.83. The van der Waals surface area contributed by atoms with E-state index in [1.807, 2.05) is 13.0 Å². The van der Waals surface area contributed by atoms with Crippen molar-refractivity contribution < 1.29 is 4.79 Å². The van der Waals surface area contributed by atoms with Crippen LogP contribution in [0, 0.1) is 19.3 Å². The minimum absolute atomic E-state index is 0.114. The molecule has 0 spiro atoms. The summed E-state index contributed by atoms with van der Waals surface area (Å²) < 4.78 is 0.985. The third kappa shape index (κ3) is 2.58. The van der Waals surface area contributed by atoms with Crippen LogP contribution in [0.5, 0.6) is 0 Å². The Balaban J connectivity index is 2.73. The molecule has 0 aliphatic heterocycles. The van der Waals surface area contributed by atoms with Crippen molar-refractivity contribution in [3.8, 4) is 12.3 Å². The van der Waals surface area contributed by atoms with Gasteiger partial charge in [0.1, 0.15) is 0 Å². The van der Waals surface area contributed by atoms with E-state index in [-0.39, 0.29) is 12.5 Å². The molecule has 0 radical (unpaired) electrons. The summed E-state index contributed by atoms with van der Waals surface area (Å²) in [6.07, 6.45) is 5.02. The Morgan fingerprint density at radius 1 is 1.85 bits per heavy atom. The molecule has 0 fully saturated rings. The maximum atomic E-state index is 11.4. The van der Waals surface area contributed by atoms with E-state index in [1.165, 1.54) is 11.3 Å². The largest absolute Gasteiger partial charge is 0.340 e. The lowest BCUT2D eigenvalue weighted by molar-refractivity contribution is 0.0962. The van der Waals surface area contributed by atoms with Crippen molar-refractivity contribution in [2.24, 2.45) is 0 Å². The molecule has 0 aromatic carbocycles. The molecule has 4 heteroatoms. The predicted octanol–water partition coefficient (Wildman–Crippen LogP) is 2.18. The molecule has 2 nitrogen and oxygen atoms in total. The second-order valence-electron chi connectivity index (χ2n) is 2.45. The Labute approximate surface area is 89.5 Å². The van der Waals surface area contributed by atoms with Crippen LogP contribution >= 0.6 is 27.3 Å². The number of hydrogen-bond acceptors (Lipinski definition) is 2. The number of carbonyl (C=O) groups is 1. The lowest BCUT2D eigenvalue weighted by Gasteiger charge is -1.95. The molecule has 0 saturated carbocycles. The average molecular weight is 258 g/mol. The third-order valence-electron chi connectivity index (χ3n) is 1.43. The van der Waals surface area contributed by atoms with Crippen LogP contribution in [0.15, 0.2) is 9.85 Å². The van der Waals surface area contributed by atoms with Crippen molar-refractivity contribution in [3.05, 3.63) is 20.3 Å². The summed E-state index contributed by atoms with van der Waals surface area (Å²) in [7, 11) is 0. The number of hydrogen-bond donors (Lipinski definition) is 1. The highest BCUT2D eigenvalue weighted by Gasteiger charge is 2.09. The fourth-order valence-electron chi connectivity index (χ4n) is 0.790. The molecule has 0 aliphatic carbocycles. The van der Waals surface area contributed by atoms with Crippen molar-refractivity contribution in [1.29, 1.82) is 0 Å². The van der Waals surface area contributed by atoms with Crippen LogP contribution in [0.1, 0.15) is 15.2 Å². The molecule has 1 aromatic heterocycles. The van der Waals surface area contributed by atoms with Gasteiger partial charge in [-0.3, -0.25) is 4.79 Å². The zero-order chi connectivity index (χ0) is 9.84. The van der Waals surface area contributed by atoms with Crippen LogP contribution in [-0.2, 0) is 0 Å². The quantitative estimate of drug-likeness (QED) is 0.809. The molecule has 1 amide bonds. The summed E-state index contributed by atoms with van der Waals surface area (Å²) in [6.45, 7) is 2.21. The first-order valence-corrected chi connectivity index (χ1v) is 5.23. The van der Waals surface area contributed by atoms with Crippen LogP contribution in [0.25, 0.3) is 0 Å². The smallest absolute Gasteiger partial charge is 0.262 e. The third-order valence-corrected chi connectivity index (χ3v) is 3.57. The Bertz CT molecular complexity index is 345. The number of amides is 1. The fourth-order valence-corrected chi connectivity index (χ4v) is 2.24. The van der Waals surface area contributed by atoms with Crippen molar-refractivity contribution in [3.63, 3.8) is 0 Å². The van der Waals surface area contributed by atoms with Crippen LogP contribution < -0.4 is 5.32 Å². The molecule has 0 aliphatic rings. The van der Waals surface area contributed by atoms with Crippen molar-refractivity contribution in [2.45, 2.75) is 6.92 Å². The van der Waals surface area contributed by atoms with E-state index in [2.05, 4.69) is 27.2 Å². The van der Waals surface area contributed by atoms with E-state index in [0.717, 1.165) is 9.35 Å². The first kappa shape index (κ1) is 10.3. The summed E-state index contributed by atoms with van der Waals surface area (Å²) in [5.41, 5.74) is 1.07. The highest BCUT2D eigenvalue weighted by molar-refractivity contribution is 9.11. The average Bonchev–Trinajstić information content (AvgIpc) is 2.43. The Morgan fingerprint density at radius 2 is 2.54 bits per heavy atom. The topological polar surface area (TPSA) is 29.1 Å². The summed E-state index contributed by atoms with van der Waals surface area (Å²) in [4.78, 5) is 12.0. The van der Waals surface area contributed by atoms with Crippen molar-refractivity contribution >= 4 is 33.2 Å². The van der Waals surface area contributed by atoms with Gasteiger partial charge in [0, 0.05) is 0 Å². The standard InChI is InChI=1S/C9H8BrNOS/c1-3-4-11-9(12)7-5-6(2)8(10)13-7/h1,5H,4H2,2H3,(H,11,12). The number of rotatable bonds is 2. The molecule has 0 atom stereocenters. The minimum Gasteiger partial charge on any atom is -0.340 e. The van der Waals surface area contributed by atoms with Gasteiger partial charge in [0.2, 0.25) is 0 Å². The lowest BCUT2D eigenvalue weighted by atomic mass is 10.3. The van der Waals surface area contributed by atoms with Crippen LogP contribution in [0.2, 0.25) is 0 Å². The number of thiophene rings is 1. The summed E-state index contributed by atoms with van der Waals surface area (Å²) in [5, 5.41) is 2.60. The highest BCUT2D eigenvalue weighted by atomic mass is 79.9. The molecule has 13 heavy (non-hydrogen) atoms. The van der Waals surface area contributed by atoms with Crippen molar-refractivity contribution in [2.75, 3.05) is 6.54 Å². The van der Waals surface area contributed by atoms with Gasteiger partial charge in [-0.05, 0) is 34.5 Å². The molecule has 0 saturated heterocycles. The summed E-state index contributed by atoms with van der Waals surface area (Å²) in [5.74, 6) is 2.24. The lowest BCUT2D eigenvalue weighted by Crippen LogP contribution is -2.22. The van der Waals surface area contributed by atoms with Gasteiger partial charge in [0.05, 0.1) is 15.2 Å². The second kappa shape index (κ2) is 4.45. The molecule has 0 bridgehead atoms. The Hall–Kier alpha value is -0.790. The molecular weight excluding hydrogens is 250 g/mol. The molecule has 1 aromatic rings. The first-order chi connectivity index (χ1) is 6.15. The van der Waals surface area contributed by atoms with Crippen LogP contribution in [0.3, 0.4) is 0 Å². The van der Waals surface area contributed by atoms with Crippen molar-refractivity contribution in [1.82, 2.24) is 5.32 Å². The van der Waals surface area contributed by atoms with E-state index in [9.17, 15) is 4.79 Å². The van der Waals surface area contributed by atoms with Gasteiger partial charge in [-0.2, -0.15) is 0 Å². The first-order valence-electron chi connectivity index (χ1n) is 3.62. The number of aryl methyl sites for hydroxylation is 1. The molecule has 1 heterocycles. The second-order valence-corrected chi connectivity index (χ2v) is 4.82. The summed E-state index contributed by atoms with van der Waals surface area (Å²) >= 11 is 4.76.